The third-order valence-corrected chi connectivity index (χ3v) is 7.38. The van der Waals surface area contributed by atoms with Gasteiger partial charge in [-0.05, 0) is 62.3 Å². The van der Waals surface area contributed by atoms with E-state index >= 15 is 0 Å². The fraction of sp³-hybridized carbons (Fsp3) is 0.429. The van der Waals surface area contributed by atoms with Crippen molar-refractivity contribution in [3.8, 4) is 11.3 Å². The molecule has 46 heavy (non-hydrogen) atoms. The van der Waals surface area contributed by atoms with Crippen molar-refractivity contribution in [3.05, 3.63) is 69.1 Å². The summed E-state index contributed by atoms with van der Waals surface area (Å²) < 4.78 is 0. The zero-order valence-electron chi connectivity index (χ0n) is 25.3. The summed E-state index contributed by atoms with van der Waals surface area (Å²) in [5.74, 6) is -0.0296. The number of hydrogen-bond donors (Lipinski definition) is 6. The summed E-state index contributed by atoms with van der Waals surface area (Å²) in [5, 5.41) is 28.0. The SMILES string of the molecule is Cl.Cl.Cl.Cl.Cl.NC(N)=Nc1nc(-c2cccc(NCc3cc(CN4CCCNCCNCCCNCC4)cc([N+](=O)[O-])c3)c2)cs1. The van der Waals surface area contributed by atoms with Gasteiger partial charge in [-0.1, -0.05) is 18.2 Å². The number of rotatable bonds is 8. The Hall–Kier alpha value is -2.17. The lowest BCUT2D eigenvalue weighted by atomic mass is 10.1. The Morgan fingerprint density at radius 1 is 0.913 bits per heavy atom. The Bertz CT molecular complexity index is 1300. The van der Waals surface area contributed by atoms with E-state index < -0.39 is 0 Å². The van der Waals surface area contributed by atoms with Gasteiger partial charge < -0.3 is 32.7 Å². The highest BCUT2D eigenvalue weighted by Gasteiger charge is 2.14. The molecule has 12 nitrogen and oxygen atoms in total. The molecule has 260 valence electrons. The summed E-state index contributed by atoms with van der Waals surface area (Å²) in [5.41, 5.74) is 15.4. The van der Waals surface area contributed by atoms with Crippen LogP contribution < -0.4 is 32.7 Å². The second-order valence-corrected chi connectivity index (χ2v) is 10.8. The van der Waals surface area contributed by atoms with Crippen molar-refractivity contribution in [2.45, 2.75) is 25.9 Å². The van der Waals surface area contributed by atoms with Gasteiger partial charge in [0, 0.05) is 68.0 Å². The van der Waals surface area contributed by atoms with Crippen LogP contribution in [0.5, 0.6) is 0 Å². The zero-order valence-corrected chi connectivity index (χ0v) is 30.2. The van der Waals surface area contributed by atoms with Crippen LogP contribution in [0.3, 0.4) is 0 Å². The van der Waals surface area contributed by atoms with E-state index in [1.165, 1.54) is 11.3 Å². The quantitative estimate of drug-likeness (QED) is 0.0818. The first-order chi connectivity index (χ1) is 20.0. The summed E-state index contributed by atoms with van der Waals surface area (Å²) in [7, 11) is 0. The molecule has 0 saturated carbocycles. The molecule has 8 N–H and O–H groups in total. The van der Waals surface area contributed by atoms with E-state index in [1.54, 1.807) is 12.1 Å². The van der Waals surface area contributed by atoms with Crippen LogP contribution in [0.2, 0.25) is 0 Å². The number of nitrogens with two attached hydrogens (primary N) is 2. The third kappa shape index (κ3) is 16.1. The molecule has 1 aliphatic rings. The molecule has 0 atom stereocenters. The highest BCUT2D eigenvalue weighted by atomic mass is 35.5. The number of benzene rings is 2. The number of nitro benzene ring substituents is 1. The minimum atomic E-state index is -0.313. The number of thiazole rings is 1. The molecule has 0 aliphatic carbocycles. The molecule has 2 aromatic carbocycles. The molecule has 0 amide bonds. The van der Waals surface area contributed by atoms with Crippen molar-refractivity contribution in [1.82, 2.24) is 25.8 Å². The number of anilines is 1. The molecule has 0 spiro atoms. The first kappa shape index (κ1) is 46.0. The maximum Gasteiger partial charge on any atom is 0.270 e. The fourth-order valence-electron chi connectivity index (χ4n) is 4.68. The van der Waals surface area contributed by atoms with Gasteiger partial charge in [0.15, 0.2) is 5.96 Å². The second kappa shape index (κ2) is 24.9. The smallest absolute Gasteiger partial charge is 0.270 e. The second-order valence-electron chi connectivity index (χ2n) is 9.98. The van der Waals surface area contributed by atoms with Crippen molar-refractivity contribution in [2.75, 3.05) is 57.7 Å². The summed E-state index contributed by atoms with van der Waals surface area (Å²) >= 11 is 1.36. The van der Waals surface area contributed by atoms with Crippen molar-refractivity contribution in [3.63, 3.8) is 0 Å². The van der Waals surface area contributed by atoms with Crippen molar-refractivity contribution >= 4 is 95.8 Å². The van der Waals surface area contributed by atoms with Crippen molar-refractivity contribution in [1.29, 1.82) is 0 Å². The number of halogens is 5. The van der Waals surface area contributed by atoms with Crippen LogP contribution in [-0.4, -0.2) is 73.1 Å². The largest absolute Gasteiger partial charge is 0.381 e. The Balaban J connectivity index is 0. The third-order valence-electron chi connectivity index (χ3n) is 6.64. The Morgan fingerprint density at radius 2 is 1.59 bits per heavy atom. The van der Waals surface area contributed by atoms with Crippen LogP contribution in [-0.2, 0) is 13.1 Å². The molecule has 1 fully saturated rings. The maximum absolute atomic E-state index is 11.8. The van der Waals surface area contributed by atoms with E-state index in [4.69, 9.17) is 11.5 Å². The van der Waals surface area contributed by atoms with E-state index in [0.717, 1.165) is 93.3 Å². The average Bonchev–Trinajstić information content (AvgIpc) is 3.42. The van der Waals surface area contributed by atoms with Gasteiger partial charge in [0.25, 0.3) is 5.69 Å². The molecule has 3 aromatic rings. The Kier molecular flexibility index (Phi) is 24.9. The molecule has 0 radical (unpaired) electrons. The van der Waals surface area contributed by atoms with Crippen LogP contribution in [0.15, 0.2) is 52.8 Å². The van der Waals surface area contributed by atoms with Crippen LogP contribution in [0.1, 0.15) is 24.0 Å². The summed E-state index contributed by atoms with van der Waals surface area (Å²) in [6.45, 7) is 8.68. The molecule has 0 unspecified atom stereocenters. The highest BCUT2D eigenvalue weighted by Crippen LogP contribution is 2.28. The normalized spacial score (nSPS) is 14.3. The van der Waals surface area contributed by atoms with Crippen molar-refractivity contribution in [2.24, 2.45) is 16.5 Å². The van der Waals surface area contributed by atoms with Crippen LogP contribution in [0, 0.1) is 10.1 Å². The molecular formula is C28H45Cl5N10O2S. The van der Waals surface area contributed by atoms with E-state index in [0.29, 0.717) is 18.2 Å². The summed E-state index contributed by atoms with van der Waals surface area (Å²) in [6.07, 6.45) is 2.11. The van der Waals surface area contributed by atoms with Gasteiger partial charge in [0.05, 0.1) is 10.6 Å². The molecule has 2 heterocycles. The number of hydrogen-bond acceptors (Lipinski definition) is 10. The number of guanidine groups is 1. The van der Waals surface area contributed by atoms with Gasteiger partial charge in [-0.15, -0.1) is 73.4 Å². The molecule has 1 aliphatic heterocycles. The topological polar surface area (TPSA) is 172 Å². The van der Waals surface area contributed by atoms with Crippen LogP contribution in [0.25, 0.3) is 11.3 Å². The van der Waals surface area contributed by atoms with E-state index in [2.05, 4.69) is 42.2 Å². The predicted octanol–water partition coefficient (Wildman–Crippen LogP) is 4.71. The lowest BCUT2D eigenvalue weighted by Gasteiger charge is -2.23. The first-order valence-corrected chi connectivity index (χ1v) is 14.9. The predicted molar refractivity (Wildman–Crippen MR) is 203 cm³/mol. The number of aromatic nitrogens is 1. The lowest BCUT2D eigenvalue weighted by Crippen LogP contribution is -2.36. The Morgan fingerprint density at radius 3 is 2.28 bits per heavy atom. The van der Waals surface area contributed by atoms with Gasteiger partial charge in [-0.25, -0.2) is 4.98 Å². The summed E-state index contributed by atoms with van der Waals surface area (Å²) in [4.78, 5) is 22.3. The molecule has 0 bridgehead atoms. The first-order valence-electron chi connectivity index (χ1n) is 14.0. The molecule has 1 aromatic heterocycles. The summed E-state index contributed by atoms with van der Waals surface area (Å²) in [6, 6.07) is 13.3. The highest BCUT2D eigenvalue weighted by molar-refractivity contribution is 7.13. The minimum Gasteiger partial charge on any atom is -0.381 e. The van der Waals surface area contributed by atoms with E-state index in [-0.39, 0.29) is 78.6 Å². The van der Waals surface area contributed by atoms with Gasteiger partial charge in [-0.3, -0.25) is 15.0 Å². The van der Waals surface area contributed by atoms with Crippen LogP contribution >= 0.6 is 73.4 Å². The maximum atomic E-state index is 11.8. The number of aliphatic imine (C=N–C) groups is 1. The monoisotopic (exact) mass is 760 g/mol. The van der Waals surface area contributed by atoms with Crippen LogP contribution in [0.4, 0.5) is 16.5 Å². The molecule has 1 saturated heterocycles. The van der Waals surface area contributed by atoms with Gasteiger partial charge in [0.1, 0.15) is 0 Å². The number of nitrogens with one attached hydrogen (secondary N) is 4. The minimum absolute atomic E-state index is 0. The van der Waals surface area contributed by atoms with Gasteiger partial charge in [0.2, 0.25) is 5.13 Å². The van der Waals surface area contributed by atoms with E-state index in [1.807, 2.05) is 29.6 Å². The molecular weight excluding hydrogens is 718 g/mol. The fourth-order valence-corrected chi connectivity index (χ4v) is 5.39. The average molecular weight is 763 g/mol. The number of nitrogens with zero attached hydrogens (tertiary/aromatic N) is 4. The Labute approximate surface area is 305 Å². The molecule has 18 heteroatoms. The molecule has 4 rings (SSSR count). The zero-order chi connectivity index (χ0) is 28.9. The van der Waals surface area contributed by atoms with Gasteiger partial charge >= 0.3 is 0 Å². The number of nitro groups is 1. The lowest BCUT2D eigenvalue weighted by molar-refractivity contribution is -0.385. The van der Waals surface area contributed by atoms with Crippen molar-refractivity contribution < 1.29 is 4.92 Å². The number of non-ortho nitro benzene ring substituents is 1. The van der Waals surface area contributed by atoms with Gasteiger partial charge in [-0.2, -0.15) is 4.99 Å². The van der Waals surface area contributed by atoms with E-state index in [9.17, 15) is 10.1 Å². The standard InChI is InChI=1S/C28H40N10O2S.5ClH/c29-27(30)36-28-35-26(20-41-28)23-4-1-5-24(17-23)34-18-21-14-22(16-25(15-21)38(39)40)19-37-12-3-8-32-10-9-31-6-2-7-33-11-13-37;;;;;/h1,4-5,14-17,20,31-34H,2-3,6-13,18-19H2,(H4,29,30,35,36);5*1H.